The van der Waals surface area contributed by atoms with Gasteiger partial charge in [0.2, 0.25) is 5.91 Å². The van der Waals surface area contributed by atoms with Crippen LogP contribution in [0.25, 0.3) is 0 Å². The zero-order valence-corrected chi connectivity index (χ0v) is 16.9. The average Bonchev–Trinajstić information content (AvgIpc) is 3.25. The van der Waals surface area contributed by atoms with Crippen LogP contribution in [0.3, 0.4) is 0 Å². The highest BCUT2D eigenvalue weighted by molar-refractivity contribution is 5.77. The van der Waals surface area contributed by atoms with Gasteiger partial charge in [-0.25, -0.2) is 4.98 Å². The summed E-state index contributed by atoms with van der Waals surface area (Å²) in [5, 5.41) is 0. The number of nitrogens with zero attached hydrogens (tertiary/aromatic N) is 3. The zero-order chi connectivity index (χ0) is 19.4. The van der Waals surface area contributed by atoms with Crippen LogP contribution in [0.5, 0.6) is 0 Å². The molecule has 2 aromatic rings. The third kappa shape index (κ3) is 4.46. The van der Waals surface area contributed by atoms with Gasteiger partial charge in [-0.3, -0.25) is 4.79 Å². The monoisotopic (exact) mass is 380 g/mol. The summed E-state index contributed by atoms with van der Waals surface area (Å²) in [4.78, 5) is 24.4. The topological polar surface area (TPSA) is 52.2 Å². The molecule has 150 valence electrons. The van der Waals surface area contributed by atoms with E-state index in [9.17, 15) is 4.79 Å². The van der Waals surface area contributed by atoms with Gasteiger partial charge in [-0.1, -0.05) is 37.3 Å². The number of aromatic amines is 1. The molecule has 5 nitrogen and oxygen atoms in total. The molecular formula is C23H32N4O. The maximum absolute atomic E-state index is 12.4. The van der Waals surface area contributed by atoms with Gasteiger partial charge in [0.15, 0.2) is 0 Å². The molecule has 1 unspecified atom stereocenters. The molecule has 1 aromatic carbocycles. The summed E-state index contributed by atoms with van der Waals surface area (Å²) in [5.41, 5.74) is 2.86. The first-order valence-corrected chi connectivity index (χ1v) is 10.7. The maximum atomic E-state index is 12.4. The average molecular weight is 381 g/mol. The Bertz CT molecular complexity index is 750. The van der Waals surface area contributed by atoms with Crippen LogP contribution in [0.4, 0.5) is 0 Å². The van der Waals surface area contributed by atoms with E-state index < -0.39 is 0 Å². The van der Waals surface area contributed by atoms with Crippen LogP contribution >= 0.6 is 0 Å². The first-order chi connectivity index (χ1) is 13.6. The van der Waals surface area contributed by atoms with Gasteiger partial charge in [-0.05, 0) is 49.2 Å². The number of nitrogens with one attached hydrogen (secondary N) is 1. The van der Waals surface area contributed by atoms with E-state index in [4.69, 9.17) is 0 Å². The maximum Gasteiger partial charge on any atom is 0.222 e. The molecule has 4 rings (SSSR count). The fourth-order valence-corrected chi connectivity index (χ4v) is 4.88. The Hall–Kier alpha value is -2.14. The molecule has 1 N–H and O–H groups in total. The van der Waals surface area contributed by atoms with Crippen molar-refractivity contribution in [2.45, 2.75) is 44.9 Å². The molecule has 5 heteroatoms. The standard InChI is InChI=1S/C23H32N4O/c1-19(20-5-3-2-4-6-20)16-26-13-10-23(11-14-26)9-7-22(28)27(17-23)12-8-21-15-24-18-25-21/h2-6,15,18-19H,7-14,16-17H2,1H3,(H,24,25). The molecule has 0 radical (unpaired) electrons. The largest absolute Gasteiger partial charge is 0.348 e. The third-order valence-electron chi connectivity index (χ3n) is 6.77. The number of amides is 1. The van der Waals surface area contributed by atoms with E-state index in [0.717, 1.165) is 51.3 Å². The summed E-state index contributed by atoms with van der Waals surface area (Å²) >= 11 is 0. The quantitative estimate of drug-likeness (QED) is 0.835. The number of carbonyl (C=O) groups excluding carboxylic acids is 1. The van der Waals surface area contributed by atoms with E-state index >= 15 is 0 Å². The lowest BCUT2D eigenvalue weighted by molar-refractivity contribution is -0.139. The van der Waals surface area contributed by atoms with Gasteiger partial charge < -0.3 is 14.8 Å². The lowest BCUT2D eigenvalue weighted by atomic mass is 9.72. The van der Waals surface area contributed by atoms with Gasteiger partial charge in [0.05, 0.1) is 6.33 Å². The van der Waals surface area contributed by atoms with Gasteiger partial charge in [-0.2, -0.15) is 0 Å². The highest BCUT2D eigenvalue weighted by Gasteiger charge is 2.40. The smallest absolute Gasteiger partial charge is 0.222 e. The Morgan fingerprint density at radius 2 is 1.96 bits per heavy atom. The fraction of sp³-hybridized carbons (Fsp3) is 0.565. The van der Waals surface area contributed by atoms with E-state index in [1.165, 1.54) is 18.4 Å². The van der Waals surface area contributed by atoms with Crippen molar-refractivity contribution in [1.29, 1.82) is 0 Å². The molecule has 0 aliphatic carbocycles. The summed E-state index contributed by atoms with van der Waals surface area (Å²) in [7, 11) is 0. The second kappa shape index (κ2) is 8.48. The molecule has 2 aliphatic heterocycles. The molecular weight excluding hydrogens is 348 g/mol. The van der Waals surface area contributed by atoms with Gasteiger partial charge in [0.1, 0.15) is 0 Å². The number of aromatic nitrogens is 2. The van der Waals surface area contributed by atoms with Crippen LogP contribution in [0.15, 0.2) is 42.9 Å². The lowest BCUT2D eigenvalue weighted by Gasteiger charge is -2.48. The van der Waals surface area contributed by atoms with E-state index in [-0.39, 0.29) is 0 Å². The zero-order valence-electron chi connectivity index (χ0n) is 16.9. The van der Waals surface area contributed by atoms with Crippen molar-refractivity contribution in [3.63, 3.8) is 0 Å². The van der Waals surface area contributed by atoms with E-state index in [1.807, 2.05) is 6.20 Å². The highest BCUT2D eigenvalue weighted by atomic mass is 16.2. The van der Waals surface area contributed by atoms with Crippen molar-refractivity contribution in [3.8, 4) is 0 Å². The van der Waals surface area contributed by atoms with Crippen LogP contribution in [0.1, 0.15) is 49.8 Å². The summed E-state index contributed by atoms with van der Waals surface area (Å²) < 4.78 is 0. The van der Waals surface area contributed by atoms with Gasteiger partial charge in [0, 0.05) is 44.4 Å². The number of likely N-dealkylation sites (tertiary alicyclic amines) is 2. The number of piperidine rings is 2. The van der Waals surface area contributed by atoms with Gasteiger partial charge in [-0.15, -0.1) is 0 Å². The van der Waals surface area contributed by atoms with Gasteiger partial charge in [0.25, 0.3) is 0 Å². The Kier molecular flexibility index (Phi) is 5.81. The Balaban J connectivity index is 1.29. The minimum absolute atomic E-state index is 0.324. The highest BCUT2D eigenvalue weighted by Crippen LogP contribution is 2.40. The molecule has 0 bridgehead atoms. The first kappa shape index (κ1) is 19.2. The molecule has 2 fully saturated rings. The van der Waals surface area contributed by atoms with E-state index in [2.05, 4.69) is 57.0 Å². The Labute approximate surface area is 168 Å². The molecule has 1 amide bonds. The Morgan fingerprint density at radius 3 is 2.68 bits per heavy atom. The molecule has 1 atom stereocenters. The van der Waals surface area contributed by atoms with E-state index in [0.29, 0.717) is 23.7 Å². The van der Waals surface area contributed by atoms with Crippen molar-refractivity contribution in [2.24, 2.45) is 5.41 Å². The van der Waals surface area contributed by atoms with Crippen molar-refractivity contribution in [2.75, 3.05) is 32.7 Å². The number of H-pyrrole nitrogens is 1. The number of benzene rings is 1. The predicted molar refractivity (Wildman–Crippen MR) is 111 cm³/mol. The summed E-state index contributed by atoms with van der Waals surface area (Å²) in [6.45, 7) is 7.50. The summed E-state index contributed by atoms with van der Waals surface area (Å²) in [6, 6.07) is 10.8. The molecule has 0 saturated carbocycles. The lowest BCUT2D eigenvalue weighted by Crippen LogP contribution is -2.52. The third-order valence-corrected chi connectivity index (χ3v) is 6.77. The van der Waals surface area contributed by atoms with Crippen molar-refractivity contribution in [3.05, 3.63) is 54.1 Å². The van der Waals surface area contributed by atoms with Crippen LogP contribution in [-0.4, -0.2) is 58.4 Å². The fourth-order valence-electron chi connectivity index (χ4n) is 4.88. The molecule has 1 spiro atoms. The number of hydrogen-bond acceptors (Lipinski definition) is 3. The molecule has 1 aromatic heterocycles. The van der Waals surface area contributed by atoms with Gasteiger partial charge >= 0.3 is 0 Å². The summed E-state index contributed by atoms with van der Waals surface area (Å²) in [5.74, 6) is 0.888. The number of carbonyl (C=O) groups is 1. The number of rotatable bonds is 6. The van der Waals surface area contributed by atoms with Crippen molar-refractivity contribution >= 4 is 5.91 Å². The van der Waals surface area contributed by atoms with Crippen LogP contribution in [-0.2, 0) is 11.2 Å². The van der Waals surface area contributed by atoms with Crippen LogP contribution in [0, 0.1) is 5.41 Å². The number of hydrogen-bond donors (Lipinski definition) is 1. The molecule has 2 aliphatic rings. The minimum atomic E-state index is 0.324. The Morgan fingerprint density at radius 1 is 1.18 bits per heavy atom. The summed E-state index contributed by atoms with van der Waals surface area (Å²) in [6.07, 6.45) is 8.63. The minimum Gasteiger partial charge on any atom is -0.348 e. The normalized spacial score (nSPS) is 21.2. The van der Waals surface area contributed by atoms with Crippen molar-refractivity contribution < 1.29 is 4.79 Å². The first-order valence-electron chi connectivity index (χ1n) is 10.7. The predicted octanol–water partition coefficient (Wildman–Crippen LogP) is 3.46. The van der Waals surface area contributed by atoms with Crippen LogP contribution in [0.2, 0.25) is 0 Å². The second-order valence-electron chi connectivity index (χ2n) is 8.75. The second-order valence-corrected chi connectivity index (χ2v) is 8.75. The van der Waals surface area contributed by atoms with Crippen LogP contribution < -0.4 is 0 Å². The van der Waals surface area contributed by atoms with Crippen molar-refractivity contribution in [1.82, 2.24) is 19.8 Å². The molecule has 2 saturated heterocycles. The molecule has 28 heavy (non-hydrogen) atoms. The molecule has 3 heterocycles. The number of imidazole rings is 1. The SMILES string of the molecule is CC(CN1CCC2(CCC(=O)N(CCc3cnc[nH]3)C2)CC1)c1ccccc1. The van der Waals surface area contributed by atoms with E-state index in [1.54, 1.807) is 6.33 Å².